The van der Waals surface area contributed by atoms with Gasteiger partial charge in [0.05, 0.1) is 34.3 Å². The van der Waals surface area contributed by atoms with Gasteiger partial charge in [0, 0.05) is 6.42 Å². The Labute approximate surface area is 233 Å². The third-order valence-corrected chi connectivity index (χ3v) is 8.69. The number of nitrogens with one attached hydrogen (secondary N) is 1. The van der Waals surface area contributed by atoms with E-state index in [2.05, 4.69) is 39.3 Å². The SMILES string of the molecule is Cc1ccc(C2CC(c3cccs3)=NN2C(=O)CSc2nc3c(cnn3-c3ccc(C)c(C)c3)c(=O)[nH]2)cc1. The van der Waals surface area contributed by atoms with Gasteiger partial charge < -0.3 is 4.98 Å². The fraction of sp³-hybridized carbons (Fsp3) is 0.207. The van der Waals surface area contributed by atoms with Crippen LogP contribution in [0.15, 0.2) is 81.2 Å². The molecule has 0 bridgehead atoms. The Morgan fingerprint density at radius 1 is 1.10 bits per heavy atom. The number of hydrogen-bond donors (Lipinski definition) is 1. The number of fused-ring (bicyclic) bond motifs is 1. The molecule has 1 aliphatic rings. The summed E-state index contributed by atoms with van der Waals surface area (Å²) in [5.41, 5.74) is 6.39. The number of H-pyrrole nitrogens is 1. The number of benzene rings is 2. The van der Waals surface area contributed by atoms with Gasteiger partial charge >= 0.3 is 0 Å². The molecular weight excluding hydrogens is 528 g/mol. The summed E-state index contributed by atoms with van der Waals surface area (Å²) in [6.45, 7) is 6.13. The van der Waals surface area contributed by atoms with Crippen molar-refractivity contribution in [2.75, 3.05) is 5.75 Å². The first-order valence-corrected chi connectivity index (χ1v) is 14.4. The Kier molecular flexibility index (Phi) is 6.66. The van der Waals surface area contributed by atoms with E-state index in [0.717, 1.165) is 33.0 Å². The van der Waals surface area contributed by atoms with Crippen LogP contribution in [0.25, 0.3) is 16.7 Å². The zero-order valence-electron chi connectivity index (χ0n) is 21.7. The molecule has 4 heterocycles. The van der Waals surface area contributed by atoms with Crippen molar-refractivity contribution in [2.45, 2.75) is 38.4 Å². The number of thioether (sulfide) groups is 1. The van der Waals surface area contributed by atoms with E-state index in [9.17, 15) is 9.59 Å². The zero-order valence-corrected chi connectivity index (χ0v) is 23.3. The number of carbonyl (C=O) groups is 1. The first kappa shape index (κ1) is 25.3. The average molecular weight is 555 g/mol. The smallest absolute Gasteiger partial charge is 0.262 e. The minimum Gasteiger partial charge on any atom is -0.301 e. The summed E-state index contributed by atoms with van der Waals surface area (Å²) in [6.07, 6.45) is 2.17. The summed E-state index contributed by atoms with van der Waals surface area (Å²) in [6, 6.07) is 18.0. The average Bonchev–Trinajstić information content (AvgIpc) is 3.69. The van der Waals surface area contributed by atoms with Crippen LogP contribution >= 0.6 is 23.1 Å². The predicted octanol–water partition coefficient (Wildman–Crippen LogP) is 5.57. The highest BCUT2D eigenvalue weighted by atomic mass is 32.2. The molecule has 0 aliphatic carbocycles. The summed E-state index contributed by atoms with van der Waals surface area (Å²) in [7, 11) is 0. The largest absolute Gasteiger partial charge is 0.301 e. The van der Waals surface area contributed by atoms with Crippen molar-refractivity contribution in [1.29, 1.82) is 0 Å². The first-order valence-electron chi connectivity index (χ1n) is 12.6. The second-order valence-electron chi connectivity index (χ2n) is 9.61. The lowest BCUT2D eigenvalue weighted by molar-refractivity contribution is -0.130. The van der Waals surface area contributed by atoms with Gasteiger partial charge in [-0.15, -0.1) is 11.3 Å². The van der Waals surface area contributed by atoms with Gasteiger partial charge in [-0.05, 0) is 61.0 Å². The fourth-order valence-corrected chi connectivity index (χ4v) is 6.02. The van der Waals surface area contributed by atoms with E-state index in [4.69, 9.17) is 5.10 Å². The van der Waals surface area contributed by atoms with Gasteiger partial charge in [-0.1, -0.05) is 53.7 Å². The van der Waals surface area contributed by atoms with Crippen molar-refractivity contribution in [3.8, 4) is 5.69 Å². The quantitative estimate of drug-likeness (QED) is 0.219. The van der Waals surface area contributed by atoms with E-state index in [1.54, 1.807) is 21.0 Å². The molecule has 39 heavy (non-hydrogen) atoms. The number of aryl methyl sites for hydroxylation is 3. The maximum atomic E-state index is 13.5. The van der Waals surface area contributed by atoms with Gasteiger partial charge in [0.2, 0.25) is 0 Å². The molecule has 8 nitrogen and oxygen atoms in total. The molecule has 1 atom stereocenters. The number of carbonyl (C=O) groups excluding carboxylic acids is 1. The van der Waals surface area contributed by atoms with Crippen LogP contribution in [0.5, 0.6) is 0 Å². The summed E-state index contributed by atoms with van der Waals surface area (Å²) in [5, 5.41) is 13.5. The maximum absolute atomic E-state index is 13.5. The number of hydrogen-bond acceptors (Lipinski definition) is 7. The number of nitrogens with zero attached hydrogens (tertiary/aromatic N) is 5. The van der Waals surface area contributed by atoms with Crippen LogP contribution < -0.4 is 5.56 Å². The minimum absolute atomic E-state index is 0.0792. The molecule has 1 N–H and O–H groups in total. The van der Waals surface area contributed by atoms with Gasteiger partial charge in [0.15, 0.2) is 10.8 Å². The molecule has 0 saturated heterocycles. The van der Waals surface area contributed by atoms with Crippen molar-refractivity contribution in [2.24, 2.45) is 5.10 Å². The summed E-state index contributed by atoms with van der Waals surface area (Å²) < 4.78 is 1.66. The molecule has 1 aliphatic heterocycles. The van der Waals surface area contributed by atoms with E-state index in [1.165, 1.54) is 23.5 Å². The molecule has 3 aromatic heterocycles. The molecule has 1 unspecified atom stereocenters. The zero-order chi connectivity index (χ0) is 27.1. The maximum Gasteiger partial charge on any atom is 0.262 e. The van der Waals surface area contributed by atoms with Gasteiger partial charge in [-0.2, -0.15) is 10.2 Å². The highest BCUT2D eigenvalue weighted by Crippen LogP contribution is 2.34. The van der Waals surface area contributed by atoms with E-state index in [0.29, 0.717) is 22.6 Å². The normalized spacial score (nSPS) is 15.2. The predicted molar refractivity (Wildman–Crippen MR) is 156 cm³/mol. The van der Waals surface area contributed by atoms with Gasteiger partial charge in [0.25, 0.3) is 11.5 Å². The molecular formula is C29H26N6O2S2. The fourth-order valence-electron chi connectivity index (χ4n) is 4.59. The molecule has 5 aromatic rings. The third-order valence-electron chi connectivity index (χ3n) is 6.92. The number of aromatic amines is 1. The standard InChI is InChI=1S/C29H26N6O2S2/c1-17-6-9-20(10-7-17)24-14-23(25-5-4-12-38-25)33-35(24)26(36)16-39-29-31-27-22(28(37)32-29)15-30-34(27)21-11-8-18(2)19(3)13-21/h4-13,15,24H,14,16H2,1-3H3,(H,31,32,37). The Morgan fingerprint density at radius 3 is 2.67 bits per heavy atom. The summed E-state index contributed by atoms with van der Waals surface area (Å²) in [5.74, 6) is -0.0713. The van der Waals surface area contributed by atoms with Crippen LogP contribution in [0.3, 0.4) is 0 Å². The summed E-state index contributed by atoms with van der Waals surface area (Å²) >= 11 is 2.81. The van der Waals surface area contributed by atoms with Crippen molar-refractivity contribution in [3.05, 3.63) is 104 Å². The highest BCUT2D eigenvalue weighted by molar-refractivity contribution is 7.99. The van der Waals surface area contributed by atoms with Crippen LogP contribution in [0.4, 0.5) is 0 Å². The highest BCUT2D eigenvalue weighted by Gasteiger charge is 2.33. The first-order chi connectivity index (χ1) is 18.9. The second-order valence-corrected chi connectivity index (χ2v) is 11.5. The second kappa shape index (κ2) is 10.3. The molecule has 6 rings (SSSR count). The lowest BCUT2D eigenvalue weighted by atomic mass is 10.00. The van der Waals surface area contributed by atoms with Gasteiger partial charge in [-0.3, -0.25) is 9.59 Å². The molecule has 0 saturated carbocycles. The topological polar surface area (TPSA) is 96.2 Å². The number of thiophene rings is 1. The van der Waals surface area contributed by atoms with Crippen molar-refractivity contribution in [3.63, 3.8) is 0 Å². The number of rotatable bonds is 6. The Morgan fingerprint density at radius 2 is 1.92 bits per heavy atom. The number of aromatic nitrogens is 4. The van der Waals surface area contributed by atoms with E-state index in [1.807, 2.05) is 56.5 Å². The van der Waals surface area contributed by atoms with Crippen LogP contribution in [0.1, 0.15) is 39.6 Å². The molecule has 196 valence electrons. The number of amides is 1. The molecule has 0 spiro atoms. The van der Waals surface area contributed by atoms with E-state index >= 15 is 0 Å². The third kappa shape index (κ3) is 4.93. The van der Waals surface area contributed by atoms with Crippen LogP contribution in [0.2, 0.25) is 0 Å². The summed E-state index contributed by atoms with van der Waals surface area (Å²) in [4.78, 5) is 34.9. The molecule has 0 radical (unpaired) electrons. The Hall–Kier alpha value is -4.02. The van der Waals surface area contributed by atoms with Crippen molar-refractivity contribution in [1.82, 2.24) is 24.8 Å². The minimum atomic E-state index is -0.290. The van der Waals surface area contributed by atoms with Crippen LogP contribution in [-0.4, -0.2) is 42.1 Å². The van der Waals surface area contributed by atoms with Crippen molar-refractivity contribution < 1.29 is 4.79 Å². The van der Waals surface area contributed by atoms with Crippen LogP contribution in [-0.2, 0) is 4.79 Å². The lowest BCUT2D eigenvalue weighted by Crippen LogP contribution is -2.28. The Balaban J connectivity index is 1.27. The van der Waals surface area contributed by atoms with Gasteiger partial charge in [-0.25, -0.2) is 14.7 Å². The Bertz CT molecular complexity index is 1770. The molecule has 0 fully saturated rings. The number of hydrazone groups is 1. The van der Waals surface area contributed by atoms with Gasteiger partial charge in [0.1, 0.15) is 5.39 Å². The molecule has 2 aromatic carbocycles. The molecule has 1 amide bonds. The molecule has 10 heteroatoms. The van der Waals surface area contributed by atoms with Crippen LogP contribution in [0, 0.1) is 20.8 Å². The van der Waals surface area contributed by atoms with E-state index < -0.39 is 0 Å². The monoisotopic (exact) mass is 554 g/mol. The lowest BCUT2D eigenvalue weighted by Gasteiger charge is -2.22. The van der Waals surface area contributed by atoms with E-state index in [-0.39, 0.29) is 23.3 Å². The van der Waals surface area contributed by atoms with Crippen molar-refractivity contribution >= 4 is 45.8 Å².